The van der Waals surface area contributed by atoms with E-state index in [1.807, 2.05) is 0 Å². The minimum absolute atomic E-state index is 0.0511. The molecule has 2 rings (SSSR count). The van der Waals surface area contributed by atoms with Gasteiger partial charge in [0.2, 0.25) is 0 Å². The molecule has 6 nitrogen and oxygen atoms in total. The van der Waals surface area contributed by atoms with Gasteiger partial charge in [-0.3, -0.25) is 14.9 Å². The summed E-state index contributed by atoms with van der Waals surface area (Å²) in [4.78, 5) is 24.6. The third-order valence-corrected chi connectivity index (χ3v) is 3.82. The highest BCUT2D eigenvalue weighted by Crippen LogP contribution is 2.19. The van der Waals surface area contributed by atoms with E-state index in [0.29, 0.717) is 18.7 Å². The fourth-order valence-corrected chi connectivity index (χ4v) is 2.66. The lowest BCUT2D eigenvalue weighted by atomic mass is 10.1. The van der Waals surface area contributed by atoms with Crippen molar-refractivity contribution in [2.24, 2.45) is 0 Å². The molecular weight excluding hydrogens is 284 g/mol. The van der Waals surface area contributed by atoms with Gasteiger partial charge in [-0.05, 0) is 31.7 Å². The summed E-state index contributed by atoms with van der Waals surface area (Å²) in [5.41, 5.74) is 0.326. The van der Waals surface area contributed by atoms with E-state index in [9.17, 15) is 14.9 Å². The second-order valence-electron chi connectivity index (χ2n) is 5.52. The summed E-state index contributed by atoms with van der Waals surface area (Å²) in [6, 6.07) is 5.92. The summed E-state index contributed by atoms with van der Waals surface area (Å²) in [5, 5.41) is 10.8. The topological polar surface area (TPSA) is 72.7 Å². The highest BCUT2D eigenvalue weighted by atomic mass is 16.6. The lowest BCUT2D eigenvalue weighted by Gasteiger charge is -2.20. The number of non-ortho nitro benzene ring substituents is 1. The van der Waals surface area contributed by atoms with Gasteiger partial charge < -0.3 is 9.64 Å². The SMILES string of the molecule is CCCO[C@H]1CCCN(C(=O)c2cccc([N+](=O)[O-])c2)CC1. The Bertz CT molecular complexity index is 533. The van der Waals surface area contributed by atoms with Crippen LogP contribution >= 0.6 is 0 Å². The molecule has 1 atom stereocenters. The minimum Gasteiger partial charge on any atom is -0.378 e. The number of likely N-dealkylation sites (tertiary alicyclic amines) is 1. The molecule has 0 unspecified atom stereocenters. The van der Waals surface area contributed by atoms with Crippen LogP contribution in [-0.2, 0) is 4.74 Å². The molecule has 1 amide bonds. The first kappa shape index (κ1) is 16.4. The number of nitro benzene ring substituents is 1. The van der Waals surface area contributed by atoms with Gasteiger partial charge in [-0.15, -0.1) is 0 Å². The van der Waals surface area contributed by atoms with Crippen LogP contribution in [0, 0.1) is 10.1 Å². The molecule has 1 aliphatic rings. The normalized spacial score (nSPS) is 18.8. The molecule has 0 bridgehead atoms. The van der Waals surface area contributed by atoms with E-state index in [-0.39, 0.29) is 17.7 Å². The summed E-state index contributed by atoms with van der Waals surface area (Å²) in [6.07, 6.45) is 3.88. The van der Waals surface area contributed by atoms with Gasteiger partial charge in [0, 0.05) is 37.4 Å². The molecule has 0 radical (unpaired) electrons. The van der Waals surface area contributed by atoms with E-state index in [2.05, 4.69) is 6.92 Å². The zero-order valence-electron chi connectivity index (χ0n) is 12.9. The van der Waals surface area contributed by atoms with Crippen LogP contribution in [0.2, 0.25) is 0 Å². The Morgan fingerprint density at radius 1 is 1.41 bits per heavy atom. The van der Waals surface area contributed by atoms with Gasteiger partial charge in [0.1, 0.15) is 0 Å². The highest BCUT2D eigenvalue weighted by molar-refractivity contribution is 5.94. The minimum atomic E-state index is -0.478. The molecule has 1 aromatic carbocycles. The van der Waals surface area contributed by atoms with E-state index in [1.165, 1.54) is 12.1 Å². The summed E-state index contributed by atoms with van der Waals surface area (Å²) in [6.45, 7) is 4.14. The summed E-state index contributed by atoms with van der Waals surface area (Å²) in [5.74, 6) is -0.139. The van der Waals surface area contributed by atoms with E-state index in [4.69, 9.17) is 4.74 Å². The second-order valence-corrected chi connectivity index (χ2v) is 5.52. The monoisotopic (exact) mass is 306 g/mol. The Hall–Kier alpha value is -1.95. The first-order valence-electron chi connectivity index (χ1n) is 7.77. The zero-order valence-corrected chi connectivity index (χ0v) is 12.9. The Balaban J connectivity index is 2.00. The van der Waals surface area contributed by atoms with Crippen molar-refractivity contribution < 1.29 is 14.5 Å². The van der Waals surface area contributed by atoms with Crippen LogP contribution in [0.15, 0.2) is 24.3 Å². The van der Waals surface area contributed by atoms with Crippen molar-refractivity contribution in [2.45, 2.75) is 38.7 Å². The number of carbonyl (C=O) groups excluding carboxylic acids is 1. The molecule has 6 heteroatoms. The van der Waals surface area contributed by atoms with Crippen LogP contribution in [0.4, 0.5) is 5.69 Å². The fraction of sp³-hybridized carbons (Fsp3) is 0.562. The molecule has 0 aromatic heterocycles. The van der Waals surface area contributed by atoms with Gasteiger partial charge in [-0.1, -0.05) is 13.0 Å². The van der Waals surface area contributed by atoms with Crippen LogP contribution in [0.25, 0.3) is 0 Å². The van der Waals surface area contributed by atoms with Crippen LogP contribution in [0.1, 0.15) is 43.0 Å². The molecule has 1 heterocycles. The molecule has 1 saturated heterocycles. The lowest BCUT2D eigenvalue weighted by molar-refractivity contribution is -0.384. The van der Waals surface area contributed by atoms with Crippen LogP contribution in [0.3, 0.4) is 0 Å². The third kappa shape index (κ3) is 4.27. The van der Waals surface area contributed by atoms with Crippen molar-refractivity contribution >= 4 is 11.6 Å². The average molecular weight is 306 g/mol. The van der Waals surface area contributed by atoms with E-state index < -0.39 is 4.92 Å². The molecule has 1 fully saturated rings. The maximum Gasteiger partial charge on any atom is 0.270 e. The summed E-state index contributed by atoms with van der Waals surface area (Å²) in [7, 11) is 0. The van der Waals surface area contributed by atoms with Crippen LogP contribution in [0.5, 0.6) is 0 Å². The maximum absolute atomic E-state index is 12.5. The molecule has 0 aliphatic carbocycles. The number of nitro groups is 1. The Morgan fingerprint density at radius 3 is 2.95 bits per heavy atom. The van der Waals surface area contributed by atoms with Crippen LogP contribution < -0.4 is 0 Å². The fourth-order valence-electron chi connectivity index (χ4n) is 2.66. The van der Waals surface area contributed by atoms with Crippen molar-refractivity contribution in [3.8, 4) is 0 Å². The van der Waals surface area contributed by atoms with Crippen molar-refractivity contribution in [3.05, 3.63) is 39.9 Å². The molecule has 1 aliphatic heterocycles. The third-order valence-electron chi connectivity index (χ3n) is 3.82. The van der Waals surface area contributed by atoms with Crippen molar-refractivity contribution in [1.82, 2.24) is 4.90 Å². The second kappa shape index (κ2) is 7.89. The molecule has 120 valence electrons. The molecule has 22 heavy (non-hydrogen) atoms. The predicted molar refractivity (Wildman–Crippen MR) is 82.9 cm³/mol. The summed E-state index contributed by atoms with van der Waals surface area (Å²) >= 11 is 0. The van der Waals surface area contributed by atoms with Gasteiger partial charge in [-0.25, -0.2) is 0 Å². The number of amides is 1. The number of hydrogen-bond acceptors (Lipinski definition) is 4. The number of benzene rings is 1. The van der Waals surface area contributed by atoms with E-state index in [0.717, 1.165) is 32.3 Å². The Labute approximate surface area is 130 Å². The number of nitrogens with zero attached hydrogens (tertiary/aromatic N) is 2. The van der Waals surface area contributed by atoms with E-state index in [1.54, 1.807) is 17.0 Å². The first-order chi connectivity index (χ1) is 10.6. The van der Waals surface area contributed by atoms with Crippen LogP contribution in [-0.4, -0.2) is 41.5 Å². The number of ether oxygens (including phenoxy) is 1. The molecule has 0 saturated carbocycles. The zero-order chi connectivity index (χ0) is 15.9. The molecule has 0 spiro atoms. The van der Waals surface area contributed by atoms with Gasteiger partial charge in [0.25, 0.3) is 11.6 Å². The van der Waals surface area contributed by atoms with E-state index >= 15 is 0 Å². The largest absolute Gasteiger partial charge is 0.378 e. The number of hydrogen-bond donors (Lipinski definition) is 0. The number of rotatable bonds is 5. The predicted octanol–water partition coefficient (Wildman–Crippen LogP) is 3.02. The van der Waals surface area contributed by atoms with Crippen molar-refractivity contribution in [3.63, 3.8) is 0 Å². The Morgan fingerprint density at radius 2 is 2.23 bits per heavy atom. The van der Waals surface area contributed by atoms with Gasteiger partial charge in [-0.2, -0.15) is 0 Å². The smallest absolute Gasteiger partial charge is 0.270 e. The Kier molecular flexibility index (Phi) is 5.89. The quantitative estimate of drug-likeness (QED) is 0.619. The van der Waals surface area contributed by atoms with Gasteiger partial charge in [0.05, 0.1) is 11.0 Å². The van der Waals surface area contributed by atoms with Crippen molar-refractivity contribution in [1.29, 1.82) is 0 Å². The maximum atomic E-state index is 12.5. The lowest BCUT2D eigenvalue weighted by Crippen LogP contribution is -2.32. The average Bonchev–Trinajstić information content (AvgIpc) is 2.78. The summed E-state index contributed by atoms with van der Waals surface area (Å²) < 4.78 is 5.77. The molecule has 0 N–H and O–H groups in total. The highest BCUT2D eigenvalue weighted by Gasteiger charge is 2.22. The number of carbonyl (C=O) groups is 1. The molecular formula is C16H22N2O4. The standard InChI is InChI=1S/C16H22N2O4/c1-2-11-22-15-7-4-9-17(10-8-15)16(19)13-5-3-6-14(12-13)18(20)21/h3,5-6,12,15H,2,4,7-11H2,1H3/t15-/m0/s1. The first-order valence-corrected chi connectivity index (χ1v) is 7.77. The van der Waals surface area contributed by atoms with Crippen molar-refractivity contribution in [2.75, 3.05) is 19.7 Å². The van der Waals surface area contributed by atoms with Gasteiger partial charge in [0.15, 0.2) is 0 Å². The molecule has 1 aromatic rings. The van der Waals surface area contributed by atoms with Gasteiger partial charge >= 0.3 is 0 Å².